The number of hydrogen-bond acceptors (Lipinski definition) is 2. The molecule has 1 aromatic carbocycles. The molecule has 2 heterocycles. The number of nitrogens with zero attached hydrogens (tertiary/aromatic N) is 2. The van der Waals surface area contributed by atoms with Gasteiger partial charge in [0, 0.05) is 29.7 Å². The molecule has 2 nitrogen and oxygen atoms in total. The van der Waals surface area contributed by atoms with E-state index in [-0.39, 0.29) is 0 Å². The fraction of sp³-hybridized carbons (Fsp3) is 0.600. The van der Waals surface area contributed by atoms with Crippen molar-refractivity contribution in [2.24, 2.45) is 0 Å². The van der Waals surface area contributed by atoms with Crippen LogP contribution >= 0.6 is 11.6 Å². The second-order valence-electron chi connectivity index (χ2n) is 5.98. The van der Waals surface area contributed by atoms with E-state index < -0.39 is 0 Å². The van der Waals surface area contributed by atoms with Crippen molar-refractivity contribution in [3.8, 4) is 0 Å². The van der Waals surface area contributed by atoms with Gasteiger partial charge in [0.15, 0.2) is 0 Å². The van der Waals surface area contributed by atoms with Crippen LogP contribution in [0.2, 0.25) is 5.02 Å². The minimum atomic E-state index is 0.417. The Hall–Kier alpha value is -0.570. The fourth-order valence-corrected chi connectivity index (χ4v) is 3.54. The fourth-order valence-electron chi connectivity index (χ4n) is 3.42. The van der Waals surface area contributed by atoms with Gasteiger partial charge in [0.1, 0.15) is 0 Å². The van der Waals surface area contributed by atoms with E-state index >= 15 is 0 Å². The van der Waals surface area contributed by atoms with Crippen molar-refractivity contribution >= 4 is 11.6 Å². The molecule has 2 aliphatic heterocycles. The SMILES string of the molecule is CC(c1ccc(Cl)cc1)N1CN2CCCC2(C)C1. The Morgan fingerprint density at radius 1 is 1.28 bits per heavy atom. The van der Waals surface area contributed by atoms with Gasteiger partial charge in [-0.15, -0.1) is 0 Å². The van der Waals surface area contributed by atoms with E-state index in [2.05, 4.69) is 35.8 Å². The lowest BCUT2D eigenvalue weighted by Crippen LogP contribution is -2.36. The van der Waals surface area contributed by atoms with Crippen molar-refractivity contribution < 1.29 is 0 Å². The van der Waals surface area contributed by atoms with Crippen LogP contribution in [0.15, 0.2) is 24.3 Å². The smallest absolute Gasteiger partial charge is 0.0518 e. The Balaban J connectivity index is 1.75. The highest BCUT2D eigenvalue weighted by Crippen LogP contribution is 2.38. The third-order valence-corrected chi connectivity index (χ3v) is 4.96. The van der Waals surface area contributed by atoms with Crippen LogP contribution in [0.3, 0.4) is 0 Å². The maximum Gasteiger partial charge on any atom is 0.0518 e. The molecule has 0 spiro atoms. The third kappa shape index (κ3) is 2.07. The highest BCUT2D eigenvalue weighted by Gasteiger charge is 2.44. The van der Waals surface area contributed by atoms with E-state index in [4.69, 9.17) is 11.6 Å². The molecule has 2 fully saturated rings. The topological polar surface area (TPSA) is 6.48 Å². The average Bonchev–Trinajstić information content (AvgIpc) is 2.84. The van der Waals surface area contributed by atoms with Gasteiger partial charge in [-0.1, -0.05) is 23.7 Å². The summed E-state index contributed by atoms with van der Waals surface area (Å²) in [7, 11) is 0. The molecule has 2 atom stereocenters. The molecule has 0 amide bonds. The summed E-state index contributed by atoms with van der Waals surface area (Å²) in [5.74, 6) is 0. The highest BCUT2D eigenvalue weighted by atomic mass is 35.5. The Morgan fingerprint density at radius 2 is 2.00 bits per heavy atom. The van der Waals surface area contributed by atoms with Crippen LogP contribution in [0.25, 0.3) is 0 Å². The zero-order valence-electron chi connectivity index (χ0n) is 11.2. The molecule has 98 valence electrons. The van der Waals surface area contributed by atoms with Crippen molar-refractivity contribution in [2.45, 2.75) is 38.3 Å². The number of hydrogen-bond donors (Lipinski definition) is 0. The largest absolute Gasteiger partial charge is 0.284 e. The number of rotatable bonds is 2. The van der Waals surface area contributed by atoms with Crippen LogP contribution in [0, 0.1) is 0 Å². The van der Waals surface area contributed by atoms with Crippen molar-refractivity contribution in [2.75, 3.05) is 19.8 Å². The van der Waals surface area contributed by atoms with Gasteiger partial charge < -0.3 is 0 Å². The van der Waals surface area contributed by atoms with Crippen molar-refractivity contribution in [1.29, 1.82) is 0 Å². The lowest BCUT2D eigenvalue weighted by Gasteiger charge is -2.26. The van der Waals surface area contributed by atoms with Gasteiger partial charge in [-0.25, -0.2) is 0 Å². The van der Waals surface area contributed by atoms with Crippen LogP contribution in [-0.2, 0) is 0 Å². The molecule has 3 rings (SSSR count). The molecule has 0 radical (unpaired) electrons. The molecule has 0 bridgehead atoms. The number of benzene rings is 1. The summed E-state index contributed by atoms with van der Waals surface area (Å²) >= 11 is 5.95. The lowest BCUT2D eigenvalue weighted by atomic mass is 9.99. The van der Waals surface area contributed by atoms with Crippen LogP contribution in [-0.4, -0.2) is 35.1 Å². The zero-order chi connectivity index (χ0) is 12.8. The molecule has 1 aromatic rings. The maximum absolute atomic E-state index is 5.95. The van der Waals surface area contributed by atoms with Gasteiger partial charge in [0.05, 0.1) is 6.67 Å². The lowest BCUT2D eigenvalue weighted by molar-refractivity contribution is 0.196. The second-order valence-corrected chi connectivity index (χ2v) is 6.42. The van der Waals surface area contributed by atoms with E-state index in [1.54, 1.807) is 0 Å². The summed E-state index contributed by atoms with van der Waals surface area (Å²) in [6.07, 6.45) is 2.70. The molecule has 0 N–H and O–H groups in total. The first-order valence-corrected chi connectivity index (χ1v) is 7.21. The first kappa shape index (κ1) is 12.5. The molecule has 18 heavy (non-hydrogen) atoms. The average molecular weight is 265 g/mol. The van der Waals surface area contributed by atoms with Crippen LogP contribution < -0.4 is 0 Å². The second kappa shape index (κ2) is 4.52. The Labute approximate surface area is 115 Å². The molecule has 3 heteroatoms. The molecule has 2 unspecified atom stereocenters. The van der Waals surface area contributed by atoms with Gasteiger partial charge in [-0.2, -0.15) is 0 Å². The minimum Gasteiger partial charge on any atom is -0.284 e. The third-order valence-electron chi connectivity index (χ3n) is 4.70. The monoisotopic (exact) mass is 264 g/mol. The van der Waals surface area contributed by atoms with Crippen molar-refractivity contribution in [1.82, 2.24) is 9.80 Å². The van der Waals surface area contributed by atoms with Crippen LogP contribution in [0.1, 0.15) is 38.3 Å². The molecule has 2 saturated heterocycles. The van der Waals surface area contributed by atoms with Crippen molar-refractivity contribution in [3.05, 3.63) is 34.9 Å². The van der Waals surface area contributed by atoms with Gasteiger partial charge in [-0.05, 0) is 44.4 Å². The molecular formula is C15H21ClN2. The van der Waals surface area contributed by atoms with Gasteiger partial charge in [-0.3, -0.25) is 9.80 Å². The van der Waals surface area contributed by atoms with Gasteiger partial charge in [0.25, 0.3) is 0 Å². The summed E-state index contributed by atoms with van der Waals surface area (Å²) in [5, 5.41) is 0.819. The highest BCUT2D eigenvalue weighted by molar-refractivity contribution is 6.30. The van der Waals surface area contributed by atoms with Gasteiger partial charge in [0.2, 0.25) is 0 Å². The van der Waals surface area contributed by atoms with E-state index in [9.17, 15) is 0 Å². The Bertz CT molecular complexity index is 431. The van der Waals surface area contributed by atoms with Gasteiger partial charge >= 0.3 is 0 Å². The molecular weight excluding hydrogens is 244 g/mol. The summed E-state index contributed by atoms with van der Waals surface area (Å²) in [4.78, 5) is 5.22. The minimum absolute atomic E-state index is 0.417. The first-order valence-electron chi connectivity index (χ1n) is 6.83. The van der Waals surface area contributed by atoms with Crippen molar-refractivity contribution in [3.63, 3.8) is 0 Å². The summed E-state index contributed by atoms with van der Waals surface area (Å²) in [6.45, 7) is 8.28. The molecule has 2 aliphatic rings. The first-order chi connectivity index (χ1) is 8.58. The van der Waals surface area contributed by atoms with Crippen LogP contribution in [0.4, 0.5) is 0 Å². The predicted molar refractivity (Wildman–Crippen MR) is 75.8 cm³/mol. The van der Waals surface area contributed by atoms with E-state index in [1.807, 2.05) is 12.1 Å². The normalized spacial score (nSPS) is 30.6. The number of halogens is 1. The zero-order valence-corrected chi connectivity index (χ0v) is 12.0. The maximum atomic E-state index is 5.95. The predicted octanol–water partition coefficient (Wildman–Crippen LogP) is 3.53. The van der Waals surface area contributed by atoms with E-state index in [1.165, 1.54) is 31.5 Å². The van der Waals surface area contributed by atoms with E-state index in [0.29, 0.717) is 11.6 Å². The molecule has 0 saturated carbocycles. The Kier molecular flexibility index (Phi) is 3.13. The number of fused-ring (bicyclic) bond motifs is 1. The molecule has 0 aliphatic carbocycles. The Morgan fingerprint density at radius 3 is 2.67 bits per heavy atom. The summed E-state index contributed by atoms with van der Waals surface area (Å²) < 4.78 is 0. The quantitative estimate of drug-likeness (QED) is 0.806. The van der Waals surface area contributed by atoms with Crippen LogP contribution in [0.5, 0.6) is 0 Å². The standard InChI is InChI=1S/C15H21ClN2/c1-12(13-4-6-14(16)7-5-13)17-10-15(2)8-3-9-18(15)11-17/h4-7,12H,3,8-11H2,1-2H3. The summed E-state index contributed by atoms with van der Waals surface area (Å²) in [5.41, 5.74) is 1.78. The molecule has 0 aromatic heterocycles. The van der Waals surface area contributed by atoms with E-state index in [0.717, 1.165) is 11.7 Å². The summed E-state index contributed by atoms with van der Waals surface area (Å²) in [6, 6.07) is 8.76.